The Kier molecular flexibility index (Phi) is 1.92. The summed E-state index contributed by atoms with van der Waals surface area (Å²) >= 11 is 0. The van der Waals surface area contributed by atoms with Crippen molar-refractivity contribution in [1.82, 2.24) is 15.1 Å². The average molecular weight is 180 g/mol. The van der Waals surface area contributed by atoms with E-state index >= 15 is 0 Å². The number of urea groups is 1. The summed E-state index contributed by atoms with van der Waals surface area (Å²) in [5.41, 5.74) is 0.872. The van der Waals surface area contributed by atoms with Crippen LogP contribution in [0.2, 0.25) is 0 Å². The van der Waals surface area contributed by atoms with Crippen molar-refractivity contribution in [2.75, 3.05) is 18.0 Å². The molecule has 5 nitrogen and oxygen atoms in total. The molecule has 1 aliphatic heterocycles. The maximum Gasteiger partial charge on any atom is 0.322 e. The normalized spacial score (nSPS) is 16.4. The maximum absolute atomic E-state index is 11.3. The number of carbonyl (C=O) groups excluding carboxylic acids is 1. The standard InChI is InChI=1S/C8H12N4O/c1-2-11-6-7(5-10-11)12-4-3-9-8(12)13/h5-6H,2-4H2,1H3,(H,9,13). The Balaban J connectivity index is 2.19. The highest BCUT2D eigenvalue weighted by Crippen LogP contribution is 2.14. The van der Waals surface area contributed by atoms with E-state index in [1.54, 1.807) is 15.8 Å². The number of anilines is 1. The SMILES string of the molecule is CCn1cc(N2CCNC2=O)cn1. The van der Waals surface area contributed by atoms with Crippen molar-refractivity contribution < 1.29 is 4.79 Å². The number of nitrogens with zero attached hydrogens (tertiary/aromatic N) is 3. The summed E-state index contributed by atoms with van der Waals surface area (Å²) in [5, 5.41) is 6.85. The molecule has 0 unspecified atom stereocenters. The third-order valence-corrected chi connectivity index (χ3v) is 2.11. The number of nitrogens with one attached hydrogen (secondary N) is 1. The second kappa shape index (κ2) is 3.08. The van der Waals surface area contributed by atoms with Crippen molar-refractivity contribution in [1.29, 1.82) is 0 Å². The molecule has 0 atom stereocenters. The molecule has 1 aromatic heterocycles. The molecular formula is C8H12N4O. The second-order valence-corrected chi connectivity index (χ2v) is 2.94. The molecule has 1 aliphatic rings. The van der Waals surface area contributed by atoms with Gasteiger partial charge in [-0.1, -0.05) is 0 Å². The van der Waals surface area contributed by atoms with Crippen LogP contribution in [0.5, 0.6) is 0 Å². The molecule has 1 fully saturated rings. The van der Waals surface area contributed by atoms with E-state index in [2.05, 4.69) is 10.4 Å². The predicted molar refractivity (Wildman–Crippen MR) is 48.6 cm³/mol. The third-order valence-electron chi connectivity index (χ3n) is 2.11. The van der Waals surface area contributed by atoms with Gasteiger partial charge in [0.2, 0.25) is 0 Å². The fourth-order valence-corrected chi connectivity index (χ4v) is 1.38. The van der Waals surface area contributed by atoms with Gasteiger partial charge < -0.3 is 5.32 Å². The highest BCUT2D eigenvalue weighted by Gasteiger charge is 2.21. The van der Waals surface area contributed by atoms with Crippen LogP contribution in [-0.2, 0) is 6.54 Å². The predicted octanol–water partition coefficient (Wildman–Crippen LogP) is 0.433. The molecule has 70 valence electrons. The van der Waals surface area contributed by atoms with E-state index in [4.69, 9.17) is 0 Å². The van der Waals surface area contributed by atoms with Crippen molar-refractivity contribution in [3.63, 3.8) is 0 Å². The number of rotatable bonds is 2. The van der Waals surface area contributed by atoms with Crippen LogP contribution in [0, 0.1) is 0 Å². The van der Waals surface area contributed by atoms with Crippen LogP contribution in [0.15, 0.2) is 12.4 Å². The van der Waals surface area contributed by atoms with Gasteiger partial charge in [-0.25, -0.2) is 4.79 Å². The molecule has 1 N–H and O–H groups in total. The zero-order valence-electron chi connectivity index (χ0n) is 7.53. The van der Waals surface area contributed by atoms with Crippen molar-refractivity contribution >= 4 is 11.7 Å². The topological polar surface area (TPSA) is 50.2 Å². The molecule has 1 saturated heterocycles. The Labute approximate surface area is 76.3 Å². The van der Waals surface area contributed by atoms with Gasteiger partial charge in [0.25, 0.3) is 0 Å². The van der Waals surface area contributed by atoms with Crippen molar-refractivity contribution in [3.05, 3.63) is 12.4 Å². The van der Waals surface area contributed by atoms with Crippen LogP contribution < -0.4 is 10.2 Å². The van der Waals surface area contributed by atoms with Crippen LogP contribution in [0.1, 0.15) is 6.92 Å². The molecule has 13 heavy (non-hydrogen) atoms. The van der Waals surface area contributed by atoms with Gasteiger partial charge >= 0.3 is 6.03 Å². The average Bonchev–Trinajstić information content (AvgIpc) is 2.71. The molecule has 2 amide bonds. The monoisotopic (exact) mass is 180 g/mol. The lowest BCUT2D eigenvalue weighted by molar-refractivity contribution is 0.252. The first-order valence-corrected chi connectivity index (χ1v) is 4.39. The lowest BCUT2D eigenvalue weighted by Crippen LogP contribution is -2.27. The second-order valence-electron chi connectivity index (χ2n) is 2.94. The Morgan fingerprint density at radius 1 is 1.69 bits per heavy atom. The quantitative estimate of drug-likeness (QED) is 0.717. The zero-order valence-corrected chi connectivity index (χ0v) is 7.53. The lowest BCUT2D eigenvalue weighted by Gasteiger charge is -2.09. The van der Waals surface area contributed by atoms with E-state index in [9.17, 15) is 4.79 Å². The summed E-state index contributed by atoms with van der Waals surface area (Å²) in [7, 11) is 0. The maximum atomic E-state index is 11.3. The van der Waals surface area contributed by atoms with Gasteiger partial charge in [-0.3, -0.25) is 9.58 Å². The molecule has 0 spiro atoms. The van der Waals surface area contributed by atoms with Crippen LogP contribution in [-0.4, -0.2) is 28.9 Å². The Morgan fingerprint density at radius 2 is 2.54 bits per heavy atom. The highest BCUT2D eigenvalue weighted by molar-refractivity contribution is 5.93. The minimum Gasteiger partial charge on any atom is -0.336 e. The van der Waals surface area contributed by atoms with E-state index in [-0.39, 0.29) is 6.03 Å². The number of aromatic nitrogens is 2. The van der Waals surface area contributed by atoms with E-state index < -0.39 is 0 Å². The number of aryl methyl sites for hydroxylation is 1. The van der Waals surface area contributed by atoms with Gasteiger partial charge in [-0.2, -0.15) is 5.10 Å². The fraction of sp³-hybridized carbons (Fsp3) is 0.500. The summed E-state index contributed by atoms with van der Waals surface area (Å²) in [5.74, 6) is 0. The van der Waals surface area contributed by atoms with Gasteiger partial charge in [0.15, 0.2) is 0 Å². The molecule has 1 aromatic rings. The van der Waals surface area contributed by atoms with Crippen LogP contribution >= 0.6 is 0 Å². The number of hydrogen-bond acceptors (Lipinski definition) is 2. The molecule has 0 aromatic carbocycles. The number of carbonyl (C=O) groups is 1. The number of hydrogen-bond donors (Lipinski definition) is 1. The first kappa shape index (κ1) is 8.10. The Morgan fingerprint density at radius 3 is 3.08 bits per heavy atom. The summed E-state index contributed by atoms with van der Waals surface area (Å²) < 4.78 is 1.81. The van der Waals surface area contributed by atoms with Gasteiger partial charge in [0.05, 0.1) is 11.9 Å². The minimum absolute atomic E-state index is 0.0318. The van der Waals surface area contributed by atoms with Crippen LogP contribution in [0.3, 0.4) is 0 Å². The zero-order chi connectivity index (χ0) is 9.26. The highest BCUT2D eigenvalue weighted by atomic mass is 16.2. The summed E-state index contributed by atoms with van der Waals surface area (Å²) in [6, 6.07) is -0.0318. The fourth-order valence-electron chi connectivity index (χ4n) is 1.38. The third kappa shape index (κ3) is 1.37. The van der Waals surface area contributed by atoms with Crippen LogP contribution in [0.4, 0.5) is 10.5 Å². The molecule has 0 bridgehead atoms. The van der Waals surface area contributed by atoms with E-state index in [0.717, 1.165) is 25.3 Å². The van der Waals surface area contributed by atoms with Crippen molar-refractivity contribution in [3.8, 4) is 0 Å². The molecule has 0 saturated carbocycles. The van der Waals surface area contributed by atoms with Crippen LogP contribution in [0.25, 0.3) is 0 Å². The summed E-state index contributed by atoms with van der Waals surface area (Å²) in [6.45, 7) is 4.29. The molecule has 2 rings (SSSR count). The first-order valence-electron chi connectivity index (χ1n) is 4.39. The summed E-state index contributed by atoms with van der Waals surface area (Å²) in [4.78, 5) is 12.9. The molecule has 5 heteroatoms. The van der Waals surface area contributed by atoms with E-state index in [0.29, 0.717) is 0 Å². The Hall–Kier alpha value is -1.52. The summed E-state index contributed by atoms with van der Waals surface area (Å²) in [6.07, 6.45) is 3.60. The molecule has 0 aliphatic carbocycles. The van der Waals surface area contributed by atoms with Gasteiger partial charge in [-0.05, 0) is 6.92 Å². The van der Waals surface area contributed by atoms with Gasteiger partial charge in [0, 0.05) is 25.8 Å². The molecule has 0 radical (unpaired) electrons. The van der Waals surface area contributed by atoms with Gasteiger partial charge in [-0.15, -0.1) is 0 Å². The number of amides is 2. The Bertz CT molecular complexity index is 320. The van der Waals surface area contributed by atoms with E-state index in [1.165, 1.54) is 0 Å². The van der Waals surface area contributed by atoms with Crippen molar-refractivity contribution in [2.45, 2.75) is 13.5 Å². The van der Waals surface area contributed by atoms with E-state index in [1.807, 2.05) is 13.1 Å². The van der Waals surface area contributed by atoms with Crippen molar-refractivity contribution in [2.24, 2.45) is 0 Å². The molecule has 2 heterocycles. The largest absolute Gasteiger partial charge is 0.336 e. The lowest BCUT2D eigenvalue weighted by atomic mass is 10.5. The first-order chi connectivity index (χ1) is 6.31. The van der Waals surface area contributed by atoms with Gasteiger partial charge in [0.1, 0.15) is 0 Å². The minimum atomic E-state index is -0.0318. The smallest absolute Gasteiger partial charge is 0.322 e. The molecular weight excluding hydrogens is 168 g/mol.